The molecule has 0 spiro atoms. The van der Waals surface area contributed by atoms with Crippen LogP contribution in [0.1, 0.15) is 65.6 Å². The van der Waals surface area contributed by atoms with Gasteiger partial charge in [0.25, 0.3) is 0 Å². The van der Waals surface area contributed by atoms with Crippen LogP contribution in [0.15, 0.2) is 12.3 Å². The van der Waals surface area contributed by atoms with Gasteiger partial charge in [0.15, 0.2) is 0 Å². The molecule has 1 rings (SSSR count). The summed E-state index contributed by atoms with van der Waals surface area (Å²) in [6.45, 7) is 12.1. The highest BCUT2D eigenvalue weighted by Gasteiger charge is 2.09. The van der Waals surface area contributed by atoms with Crippen molar-refractivity contribution in [1.82, 2.24) is 15.1 Å². The van der Waals surface area contributed by atoms with Gasteiger partial charge in [-0.1, -0.05) is 27.7 Å². The van der Waals surface area contributed by atoms with Crippen LogP contribution < -0.4 is 5.32 Å². The Balaban J connectivity index is 2.44. The molecule has 0 bridgehead atoms. The molecule has 3 heteroatoms. The molecule has 3 nitrogen and oxygen atoms in total. The number of hydrogen-bond acceptors (Lipinski definition) is 2. The standard InChI is InChI=1S/C15H29N3/c1-6-15(7-2)18-9-8-14(17-18)11-16-13(5)10-12(3)4/h8-9,12-13,15-16H,6-7,10-11H2,1-5H3. The Morgan fingerprint density at radius 3 is 2.44 bits per heavy atom. The van der Waals surface area contributed by atoms with E-state index in [9.17, 15) is 0 Å². The monoisotopic (exact) mass is 251 g/mol. The fourth-order valence-electron chi connectivity index (χ4n) is 2.41. The maximum absolute atomic E-state index is 4.66. The van der Waals surface area contributed by atoms with E-state index in [1.165, 1.54) is 6.42 Å². The lowest BCUT2D eigenvalue weighted by atomic mass is 10.1. The molecule has 0 aliphatic heterocycles. The van der Waals surface area contributed by atoms with Gasteiger partial charge in [-0.15, -0.1) is 0 Å². The van der Waals surface area contributed by atoms with E-state index >= 15 is 0 Å². The first-order valence-corrected chi connectivity index (χ1v) is 7.34. The van der Waals surface area contributed by atoms with Gasteiger partial charge >= 0.3 is 0 Å². The van der Waals surface area contributed by atoms with Crippen LogP contribution in [-0.2, 0) is 6.54 Å². The first-order valence-electron chi connectivity index (χ1n) is 7.34. The van der Waals surface area contributed by atoms with Crippen LogP contribution in [0.3, 0.4) is 0 Å². The summed E-state index contributed by atoms with van der Waals surface area (Å²) in [6, 6.07) is 3.24. The van der Waals surface area contributed by atoms with Gasteiger partial charge in [0.1, 0.15) is 0 Å². The summed E-state index contributed by atoms with van der Waals surface area (Å²) in [4.78, 5) is 0. The summed E-state index contributed by atoms with van der Waals surface area (Å²) in [6.07, 6.45) is 5.62. The second kappa shape index (κ2) is 7.57. The molecule has 0 radical (unpaired) electrons. The third-order valence-corrected chi connectivity index (χ3v) is 3.44. The molecule has 1 heterocycles. The molecule has 1 atom stereocenters. The SMILES string of the molecule is CCC(CC)n1ccc(CNC(C)CC(C)C)n1. The lowest BCUT2D eigenvalue weighted by Crippen LogP contribution is -2.27. The molecular weight excluding hydrogens is 222 g/mol. The average molecular weight is 251 g/mol. The Hall–Kier alpha value is -0.830. The van der Waals surface area contributed by atoms with Crippen molar-refractivity contribution in [3.8, 4) is 0 Å². The van der Waals surface area contributed by atoms with Crippen LogP contribution in [0, 0.1) is 5.92 Å². The summed E-state index contributed by atoms with van der Waals surface area (Å²) < 4.78 is 2.12. The molecule has 18 heavy (non-hydrogen) atoms. The van der Waals surface area contributed by atoms with Crippen LogP contribution in [0.25, 0.3) is 0 Å². The third-order valence-electron chi connectivity index (χ3n) is 3.44. The highest BCUT2D eigenvalue weighted by atomic mass is 15.3. The van der Waals surface area contributed by atoms with Crippen LogP contribution in [0.2, 0.25) is 0 Å². The molecule has 1 aromatic rings. The molecule has 0 fully saturated rings. The van der Waals surface area contributed by atoms with Gasteiger partial charge in [0.2, 0.25) is 0 Å². The van der Waals surface area contributed by atoms with Gasteiger partial charge in [-0.05, 0) is 38.2 Å². The molecule has 0 saturated heterocycles. The van der Waals surface area contributed by atoms with Crippen molar-refractivity contribution in [3.63, 3.8) is 0 Å². The Labute approximate surface area is 112 Å². The molecule has 1 N–H and O–H groups in total. The van der Waals surface area contributed by atoms with Gasteiger partial charge in [0, 0.05) is 18.8 Å². The lowest BCUT2D eigenvalue weighted by molar-refractivity contribution is 0.415. The minimum atomic E-state index is 0.548. The molecular formula is C15H29N3. The zero-order valence-corrected chi connectivity index (χ0v) is 12.6. The van der Waals surface area contributed by atoms with Crippen molar-refractivity contribution in [2.24, 2.45) is 5.92 Å². The van der Waals surface area contributed by atoms with Crippen LogP contribution in [-0.4, -0.2) is 15.8 Å². The van der Waals surface area contributed by atoms with Gasteiger partial charge in [-0.2, -0.15) is 5.10 Å². The molecule has 0 amide bonds. The van der Waals surface area contributed by atoms with Crippen molar-refractivity contribution in [2.45, 2.75) is 72.5 Å². The number of nitrogens with one attached hydrogen (secondary N) is 1. The number of aromatic nitrogens is 2. The van der Waals surface area contributed by atoms with E-state index < -0.39 is 0 Å². The summed E-state index contributed by atoms with van der Waals surface area (Å²) in [5, 5.41) is 8.20. The molecule has 0 aromatic carbocycles. The fraction of sp³-hybridized carbons (Fsp3) is 0.800. The van der Waals surface area contributed by atoms with Crippen LogP contribution >= 0.6 is 0 Å². The maximum atomic E-state index is 4.66. The Morgan fingerprint density at radius 1 is 1.22 bits per heavy atom. The normalized spacial score (nSPS) is 13.5. The van der Waals surface area contributed by atoms with Crippen LogP contribution in [0.5, 0.6) is 0 Å². The third kappa shape index (κ3) is 4.81. The fourth-order valence-corrected chi connectivity index (χ4v) is 2.41. The van der Waals surface area contributed by atoms with E-state index in [0.29, 0.717) is 12.1 Å². The van der Waals surface area contributed by atoms with E-state index in [1.807, 2.05) is 0 Å². The first-order chi connectivity index (χ1) is 8.56. The Bertz CT molecular complexity index is 326. The number of nitrogens with zero attached hydrogens (tertiary/aromatic N) is 2. The van der Waals surface area contributed by atoms with E-state index in [0.717, 1.165) is 31.0 Å². The minimum Gasteiger partial charge on any atom is -0.309 e. The van der Waals surface area contributed by atoms with E-state index in [1.54, 1.807) is 0 Å². The van der Waals surface area contributed by atoms with Gasteiger partial charge < -0.3 is 5.32 Å². The van der Waals surface area contributed by atoms with Crippen molar-refractivity contribution >= 4 is 0 Å². The first kappa shape index (κ1) is 15.2. The van der Waals surface area contributed by atoms with E-state index in [-0.39, 0.29) is 0 Å². The molecule has 1 unspecified atom stereocenters. The lowest BCUT2D eigenvalue weighted by Gasteiger charge is -2.15. The summed E-state index contributed by atoms with van der Waals surface area (Å²) >= 11 is 0. The Kier molecular flexibility index (Phi) is 6.41. The van der Waals surface area contributed by atoms with Gasteiger partial charge in [-0.25, -0.2) is 0 Å². The predicted octanol–water partition coefficient (Wildman–Crippen LogP) is 3.77. The van der Waals surface area contributed by atoms with Crippen molar-refractivity contribution in [1.29, 1.82) is 0 Å². The van der Waals surface area contributed by atoms with Crippen molar-refractivity contribution < 1.29 is 0 Å². The molecule has 104 valence electrons. The summed E-state index contributed by atoms with van der Waals surface area (Å²) in [5.41, 5.74) is 1.15. The molecule has 0 aliphatic carbocycles. The topological polar surface area (TPSA) is 29.9 Å². The zero-order valence-electron chi connectivity index (χ0n) is 12.6. The highest BCUT2D eigenvalue weighted by molar-refractivity contribution is 4.99. The minimum absolute atomic E-state index is 0.548. The zero-order chi connectivity index (χ0) is 13.5. The molecule has 1 aromatic heterocycles. The quantitative estimate of drug-likeness (QED) is 0.762. The second-order valence-corrected chi connectivity index (χ2v) is 5.67. The smallest absolute Gasteiger partial charge is 0.0762 e. The molecule has 0 aliphatic rings. The highest BCUT2D eigenvalue weighted by Crippen LogP contribution is 2.14. The van der Waals surface area contributed by atoms with Crippen LogP contribution in [0.4, 0.5) is 0 Å². The van der Waals surface area contributed by atoms with Gasteiger partial charge in [0.05, 0.1) is 11.7 Å². The van der Waals surface area contributed by atoms with Gasteiger partial charge in [-0.3, -0.25) is 4.68 Å². The number of rotatable bonds is 8. The van der Waals surface area contributed by atoms with Crippen molar-refractivity contribution in [2.75, 3.05) is 0 Å². The summed E-state index contributed by atoms with van der Waals surface area (Å²) in [7, 11) is 0. The molecule has 0 saturated carbocycles. The van der Waals surface area contributed by atoms with E-state index in [4.69, 9.17) is 0 Å². The number of hydrogen-bond donors (Lipinski definition) is 1. The summed E-state index contributed by atoms with van der Waals surface area (Å²) in [5.74, 6) is 0.745. The predicted molar refractivity (Wildman–Crippen MR) is 77.6 cm³/mol. The maximum Gasteiger partial charge on any atom is 0.0762 e. The van der Waals surface area contributed by atoms with Crippen molar-refractivity contribution in [3.05, 3.63) is 18.0 Å². The second-order valence-electron chi connectivity index (χ2n) is 5.67. The Morgan fingerprint density at radius 2 is 1.89 bits per heavy atom. The average Bonchev–Trinajstić information content (AvgIpc) is 2.76. The van der Waals surface area contributed by atoms with E-state index in [2.05, 4.69) is 62.0 Å². The largest absolute Gasteiger partial charge is 0.309 e.